The normalized spacial score (nSPS) is 17.5. The summed E-state index contributed by atoms with van der Waals surface area (Å²) in [6, 6.07) is 5.78. The van der Waals surface area contributed by atoms with Crippen LogP contribution in [0.25, 0.3) is 11.0 Å². The van der Waals surface area contributed by atoms with Gasteiger partial charge < -0.3 is 20.5 Å². The molecule has 0 unspecified atom stereocenters. The van der Waals surface area contributed by atoms with Gasteiger partial charge in [-0.3, -0.25) is 14.5 Å². The third kappa shape index (κ3) is 4.81. The maximum Gasteiger partial charge on any atom is 0.277 e. The number of amides is 2. The molecule has 0 radical (unpaired) electrons. The molecule has 2 amide bonds. The molecule has 0 bridgehead atoms. The number of carbonyl (C=O) groups is 2. The zero-order valence-corrected chi connectivity index (χ0v) is 22.5. The Morgan fingerprint density at radius 1 is 1.20 bits per heavy atom. The summed E-state index contributed by atoms with van der Waals surface area (Å²) >= 11 is 0. The lowest BCUT2D eigenvalue weighted by Crippen LogP contribution is -2.40. The summed E-state index contributed by atoms with van der Waals surface area (Å²) in [6.45, 7) is 10.3. The van der Waals surface area contributed by atoms with Gasteiger partial charge in [-0.25, -0.2) is 19.6 Å². The maximum absolute atomic E-state index is 13.5. The number of aryl methyl sites for hydroxylation is 1. The summed E-state index contributed by atoms with van der Waals surface area (Å²) in [5, 5.41) is 8.05. The Morgan fingerprint density at radius 3 is 2.90 bits per heavy atom. The van der Waals surface area contributed by atoms with Crippen molar-refractivity contribution in [1.82, 2.24) is 39.1 Å². The average Bonchev–Trinajstić information content (AvgIpc) is 3.59. The number of nitrogens with one attached hydrogen (secondary N) is 1. The SMILES string of the molecule is C=CC(=O)N1CCC[C@@H](n2nc(C(=O)Nc3ccc(CN4CCn5ccnc5C4)c(C)c3)c3c(N)ncnc32)C1. The van der Waals surface area contributed by atoms with Crippen LogP contribution in [0.2, 0.25) is 0 Å². The highest BCUT2D eigenvalue weighted by molar-refractivity contribution is 6.13. The second-order valence-corrected chi connectivity index (χ2v) is 10.4. The van der Waals surface area contributed by atoms with Crippen LogP contribution in [0.1, 0.15) is 46.3 Å². The van der Waals surface area contributed by atoms with E-state index in [0.717, 1.165) is 50.4 Å². The van der Waals surface area contributed by atoms with Crippen molar-refractivity contribution in [1.29, 1.82) is 0 Å². The number of fused-ring (bicyclic) bond motifs is 2. The van der Waals surface area contributed by atoms with E-state index in [1.54, 1.807) is 9.58 Å². The van der Waals surface area contributed by atoms with Crippen LogP contribution in [0, 0.1) is 6.92 Å². The molecule has 2 aliphatic rings. The predicted molar refractivity (Wildman–Crippen MR) is 150 cm³/mol. The van der Waals surface area contributed by atoms with Crippen LogP contribution in [0.15, 0.2) is 49.6 Å². The fourth-order valence-electron chi connectivity index (χ4n) is 5.63. The van der Waals surface area contributed by atoms with Gasteiger partial charge in [0.15, 0.2) is 11.3 Å². The summed E-state index contributed by atoms with van der Waals surface area (Å²) in [5.74, 6) is 0.745. The van der Waals surface area contributed by atoms with Gasteiger partial charge in [0.25, 0.3) is 5.91 Å². The van der Waals surface area contributed by atoms with Gasteiger partial charge in [0, 0.05) is 50.8 Å². The standard InChI is InChI=1S/C28H32N10O2/c1-3-23(39)37-9-4-5-21(15-37)38-27-24(26(29)31-17-32-27)25(34-38)28(40)33-20-7-6-19(18(2)13-20)14-35-11-12-36-10-8-30-22(36)16-35/h3,6-8,10,13,17,21H,1,4-5,9,11-12,14-16H2,2H3,(H,33,40)(H2,29,31,32)/t21-/m1/s1. The Hall–Kier alpha value is -4.58. The van der Waals surface area contributed by atoms with Crippen molar-refractivity contribution in [2.45, 2.75) is 45.4 Å². The molecular formula is C28H32N10O2. The van der Waals surface area contributed by atoms with Crippen LogP contribution >= 0.6 is 0 Å². The number of hydrogen-bond donors (Lipinski definition) is 2. The van der Waals surface area contributed by atoms with Crippen molar-refractivity contribution in [3.63, 3.8) is 0 Å². The van der Waals surface area contributed by atoms with Crippen LogP contribution in [0.3, 0.4) is 0 Å². The van der Waals surface area contributed by atoms with E-state index in [0.29, 0.717) is 29.8 Å². The fourth-order valence-corrected chi connectivity index (χ4v) is 5.63. The second-order valence-electron chi connectivity index (χ2n) is 10.4. The first-order valence-electron chi connectivity index (χ1n) is 13.4. The Labute approximate surface area is 231 Å². The van der Waals surface area contributed by atoms with E-state index in [1.165, 1.54) is 18.0 Å². The van der Waals surface area contributed by atoms with E-state index in [2.05, 4.69) is 41.4 Å². The zero-order chi connectivity index (χ0) is 27.8. The molecule has 1 aromatic carbocycles. The van der Waals surface area contributed by atoms with Crippen LogP contribution in [-0.4, -0.2) is 70.5 Å². The van der Waals surface area contributed by atoms with Gasteiger partial charge in [-0.05, 0) is 49.1 Å². The molecule has 0 spiro atoms. The number of likely N-dealkylation sites (tertiary alicyclic amines) is 1. The quantitative estimate of drug-likeness (QED) is 0.356. The molecule has 5 heterocycles. The Bertz CT molecular complexity index is 1610. The number of aromatic nitrogens is 6. The molecule has 206 valence electrons. The van der Waals surface area contributed by atoms with Crippen LogP contribution < -0.4 is 11.1 Å². The fraction of sp³-hybridized carbons (Fsp3) is 0.357. The lowest BCUT2D eigenvalue weighted by Gasteiger charge is -2.32. The highest BCUT2D eigenvalue weighted by Crippen LogP contribution is 2.29. The van der Waals surface area contributed by atoms with Gasteiger partial charge in [-0.15, -0.1) is 0 Å². The van der Waals surface area contributed by atoms with Crippen molar-refractivity contribution < 1.29 is 9.59 Å². The van der Waals surface area contributed by atoms with Gasteiger partial charge in [-0.1, -0.05) is 12.6 Å². The molecule has 6 rings (SSSR count). The first kappa shape index (κ1) is 25.7. The van der Waals surface area contributed by atoms with E-state index >= 15 is 0 Å². The number of nitrogens with two attached hydrogens (primary N) is 1. The Morgan fingerprint density at radius 2 is 2.08 bits per heavy atom. The molecule has 3 N–H and O–H groups in total. The van der Waals surface area contributed by atoms with Gasteiger partial charge in [-0.2, -0.15) is 5.10 Å². The molecule has 4 aromatic rings. The third-order valence-corrected chi connectivity index (χ3v) is 7.78. The molecule has 1 fully saturated rings. The molecule has 1 atom stereocenters. The number of benzene rings is 1. The van der Waals surface area contributed by atoms with Gasteiger partial charge in [0.2, 0.25) is 5.91 Å². The van der Waals surface area contributed by atoms with E-state index in [-0.39, 0.29) is 23.5 Å². The highest BCUT2D eigenvalue weighted by atomic mass is 16.2. The Balaban J connectivity index is 1.21. The monoisotopic (exact) mass is 540 g/mol. The zero-order valence-electron chi connectivity index (χ0n) is 22.5. The first-order chi connectivity index (χ1) is 19.4. The average molecular weight is 541 g/mol. The van der Waals surface area contributed by atoms with Crippen molar-refractivity contribution >= 4 is 34.4 Å². The summed E-state index contributed by atoms with van der Waals surface area (Å²) < 4.78 is 3.90. The molecule has 40 heavy (non-hydrogen) atoms. The minimum atomic E-state index is -0.393. The van der Waals surface area contributed by atoms with E-state index in [4.69, 9.17) is 5.73 Å². The Kier molecular flexibility index (Phi) is 6.76. The maximum atomic E-state index is 13.5. The van der Waals surface area contributed by atoms with Crippen molar-refractivity contribution in [3.8, 4) is 0 Å². The number of piperidine rings is 1. The lowest BCUT2D eigenvalue weighted by atomic mass is 10.1. The van der Waals surface area contributed by atoms with Gasteiger partial charge in [0.1, 0.15) is 18.0 Å². The summed E-state index contributed by atoms with van der Waals surface area (Å²) in [7, 11) is 0. The lowest BCUT2D eigenvalue weighted by molar-refractivity contribution is -0.127. The summed E-state index contributed by atoms with van der Waals surface area (Å²) in [5.41, 5.74) is 9.79. The summed E-state index contributed by atoms with van der Waals surface area (Å²) in [6.07, 6.45) is 8.15. The molecule has 3 aromatic heterocycles. The molecule has 0 saturated carbocycles. The molecule has 0 aliphatic carbocycles. The number of imidazole rings is 1. The van der Waals surface area contributed by atoms with Crippen molar-refractivity contribution in [2.24, 2.45) is 0 Å². The molecule has 2 aliphatic heterocycles. The van der Waals surface area contributed by atoms with Gasteiger partial charge >= 0.3 is 0 Å². The number of rotatable bonds is 6. The van der Waals surface area contributed by atoms with Crippen molar-refractivity contribution in [2.75, 3.05) is 30.7 Å². The number of carbonyl (C=O) groups excluding carboxylic acids is 2. The van der Waals surface area contributed by atoms with E-state index in [9.17, 15) is 9.59 Å². The molecule has 1 saturated heterocycles. The van der Waals surface area contributed by atoms with Crippen LogP contribution in [0.4, 0.5) is 11.5 Å². The van der Waals surface area contributed by atoms with Crippen LogP contribution in [0.5, 0.6) is 0 Å². The highest BCUT2D eigenvalue weighted by Gasteiger charge is 2.29. The van der Waals surface area contributed by atoms with E-state index in [1.807, 2.05) is 37.5 Å². The predicted octanol–water partition coefficient (Wildman–Crippen LogP) is 2.53. The minimum Gasteiger partial charge on any atom is -0.383 e. The number of hydrogen-bond acceptors (Lipinski definition) is 8. The smallest absolute Gasteiger partial charge is 0.277 e. The van der Waals surface area contributed by atoms with Gasteiger partial charge in [0.05, 0.1) is 18.0 Å². The summed E-state index contributed by atoms with van der Waals surface area (Å²) in [4.78, 5) is 42.8. The second kappa shape index (κ2) is 10.5. The van der Waals surface area contributed by atoms with Crippen molar-refractivity contribution in [3.05, 3.63) is 72.2 Å². The number of anilines is 2. The topological polar surface area (TPSA) is 140 Å². The minimum absolute atomic E-state index is 0.126. The molecular weight excluding hydrogens is 508 g/mol. The molecule has 12 nitrogen and oxygen atoms in total. The number of nitrogen functional groups attached to an aromatic ring is 1. The van der Waals surface area contributed by atoms with E-state index < -0.39 is 5.91 Å². The third-order valence-electron chi connectivity index (χ3n) is 7.78. The first-order valence-corrected chi connectivity index (χ1v) is 13.4. The molecule has 12 heteroatoms. The number of nitrogens with zero attached hydrogens (tertiary/aromatic N) is 8. The largest absolute Gasteiger partial charge is 0.383 e. The van der Waals surface area contributed by atoms with Crippen LogP contribution in [-0.2, 0) is 24.4 Å².